The van der Waals surface area contributed by atoms with Crippen LogP contribution in [0.15, 0.2) is 76.5 Å². The summed E-state index contributed by atoms with van der Waals surface area (Å²) in [5, 5.41) is 0.262. The van der Waals surface area contributed by atoms with Crippen molar-refractivity contribution >= 4 is 54.6 Å². The molecule has 162 valence electrons. The van der Waals surface area contributed by atoms with Gasteiger partial charge < -0.3 is 0 Å². The van der Waals surface area contributed by atoms with Crippen molar-refractivity contribution in [1.29, 1.82) is 0 Å². The van der Waals surface area contributed by atoms with Crippen LogP contribution in [0.3, 0.4) is 0 Å². The summed E-state index contributed by atoms with van der Waals surface area (Å²) in [5.41, 5.74) is 1.51. The monoisotopic (exact) mass is 496 g/mol. The summed E-state index contributed by atoms with van der Waals surface area (Å²) >= 11 is 12.0. The Morgan fingerprint density at radius 1 is 0.871 bits per heavy atom. The minimum Gasteiger partial charge on any atom is -0.280 e. The van der Waals surface area contributed by atoms with Crippen LogP contribution in [0.5, 0.6) is 0 Å². The Labute approximate surface area is 191 Å². The Morgan fingerprint density at radius 3 is 2.35 bits per heavy atom. The maximum atomic E-state index is 13.2. The molecule has 1 aliphatic rings. The molecule has 0 saturated carbocycles. The first-order chi connectivity index (χ1) is 14.7. The van der Waals surface area contributed by atoms with Gasteiger partial charge in [-0.15, -0.1) is 0 Å². The molecule has 31 heavy (non-hydrogen) atoms. The molecule has 0 bridgehead atoms. The van der Waals surface area contributed by atoms with Gasteiger partial charge in [-0.1, -0.05) is 47.5 Å². The normalized spacial score (nSPS) is 14.2. The standard InChI is InChI=1S/C21H18Cl2N2O4S2/c22-16-9-11-19(23)21(13-16)30(26,27)24-17-10-8-15-5-4-12-25(20(15)14-17)31(28,29)18-6-2-1-3-7-18/h1-3,6-11,13-14,24H,4-5,12H2. The van der Waals surface area contributed by atoms with Crippen molar-refractivity contribution in [2.24, 2.45) is 0 Å². The minimum absolute atomic E-state index is 0.0307. The summed E-state index contributed by atoms with van der Waals surface area (Å²) in [6.07, 6.45) is 1.37. The van der Waals surface area contributed by atoms with Crippen LogP contribution in [0, 0.1) is 0 Å². The van der Waals surface area contributed by atoms with Gasteiger partial charge in [0.2, 0.25) is 0 Å². The Bertz CT molecular complexity index is 1350. The number of halogens is 2. The summed E-state index contributed by atoms with van der Waals surface area (Å²) in [7, 11) is -7.82. The average molecular weight is 497 g/mol. The predicted octanol–water partition coefficient (Wildman–Crippen LogP) is 4.94. The highest BCUT2D eigenvalue weighted by molar-refractivity contribution is 7.93. The van der Waals surface area contributed by atoms with E-state index in [2.05, 4.69) is 4.72 Å². The molecule has 0 amide bonds. The third-order valence-electron chi connectivity index (χ3n) is 4.93. The predicted molar refractivity (Wildman–Crippen MR) is 123 cm³/mol. The van der Waals surface area contributed by atoms with Crippen LogP contribution in [0.25, 0.3) is 0 Å². The van der Waals surface area contributed by atoms with Crippen LogP contribution in [0.1, 0.15) is 12.0 Å². The molecule has 0 atom stereocenters. The number of hydrogen-bond donors (Lipinski definition) is 1. The number of anilines is 2. The summed E-state index contributed by atoms with van der Waals surface area (Å²) in [6, 6.07) is 17.2. The smallest absolute Gasteiger partial charge is 0.264 e. The molecule has 0 saturated heterocycles. The lowest BCUT2D eigenvalue weighted by atomic mass is 10.0. The Morgan fingerprint density at radius 2 is 1.61 bits per heavy atom. The highest BCUT2D eigenvalue weighted by Crippen LogP contribution is 2.35. The van der Waals surface area contributed by atoms with Gasteiger partial charge in [-0.3, -0.25) is 9.03 Å². The van der Waals surface area contributed by atoms with Crippen molar-refractivity contribution in [2.45, 2.75) is 22.6 Å². The lowest BCUT2D eigenvalue weighted by Crippen LogP contribution is -2.35. The van der Waals surface area contributed by atoms with E-state index in [9.17, 15) is 16.8 Å². The number of rotatable bonds is 5. The molecule has 3 aromatic carbocycles. The van der Waals surface area contributed by atoms with E-state index in [-0.39, 0.29) is 25.5 Å². The molecule has 0 spiro atoms. The van der Waals surface area contributed by atoms with Crippen molar-refractivity contribution in [2.75, 3.05) is 15.6 Å². The Balaban J connectivity index is 1.72. The second kappa shape index (κ2) is 8.35. The van der Waals surface area contributed by atoms with E-state index in [1.54, 1.807) is 30.3 Å². The van der Waals surface area contributed by atoms with E-state index in [4.69, 9.17) is 23.2 Å². The van der Waals surface area contributed by atoms with Gasteiger partial charge in [-0.2, -0.15) is 0 Å². The van der Waals surface area contributed by atoms with E-state index in [0.717, 1.165) is 5.56 Å². The van der Waals surface area contributed by atoms with Crippen LogP contribution in [-0.2, 0) is 26.5 Å². The third-order valence-corrected chi connectivity index (χ3v) is 8.85. The molecule has 4 rings (SSSR count). The number of nitrogens with one attached hydrogen (secondary N) is 1. The fourth-order valence-corrected chi connectivity index (χ4v) is 6.83. The van der Waals surface area contributed by atoms with Crippen molar-refractivity contribution < 1.29 is 16.8 Å². The second-order valence-electron chi connectivity index (χ2n) is 7.02. The molecule has 6 nitrogen and oxygen atoms in total. The molecular weight excluding hydrogens is 479 g/mol. The van der Waals surface area contributed by atoms with Crippen LogP contribution >= 0.6 is 23.2 Å². The molecule has 0 fully saturated rings. The quantitative estimate of drug-likeness (QED) is 0.542. The van der Waals surface area contributed by atoms with E-state index >= 15 is 0 Å². The minimum atomic E-state index is -4.03. The van der Waals surface area contributed by atoms with E-state index in [1.807, 2.05) is 0 Å². The van der Waals surface area contributed by atoms with Gasteiger partial charge in [-0.25, -0.2) is 16.8 Å². The van der Waals surface area contributed by atoms with Gasteiger partial charge in [0.15, 0.2) is 0 Å². The first-order valence-corrected chi connectivity index (χ1v) is 13.0. The van der Waals surface area contributed by atoms with Gasteiger partial charge in [0.05, 0.1) is 21.3 Å². The number of benzene rings is 3. The lowest BCUT2D eigenvalue weighted by Gasteiger charge is -2.31. The molecule has 10 heteroatoms. The van der Waals surface area contributed by atoms with E-state index in [0.29, 0.717) is 25.1 Å². The molecule has 1 N–H and O–H groups in total. The molecule has 0 aliphatic carbocycles. The van der Waals surface area contributed by atoms with Gasteiger partial charge in [-0.05, 0) is 60.9 Å². The number of nitrogens with zero attached hydrogens (tertiary/aromatic N) is 1. The third kappa shape index (κ3) is 4.39. The van der Waals surface area contributed by atoms with Crippen LogP contribution < -0.4 is 9.03 Å². The fourth-order valence-electron chi connectivity index (χ4n) is 3.47. The molecule has 1 aliphatic heterocycles. The molecule has 0 unspecified atom stereocenters. The lowest BCUT2D eigenvalue weighted by molar-refractivity contribution is 0.586. The second-order valence-corrected chi connectivity index (χ2v) is 11.4. The summed E-state index contributed by atoms with van der Waals surface area (Å²) in [5.74, 6) is 0. The van der Waals surface area contributed by atoms with Crippen molar-refractivity contribution in [1.82, 2.24) is 0 Å². The zero-order valence-electron chi connectivity index (χ0n) is 16.1. The summed E-state index contributed by atoms with van der Waals surface area (Å²) in [4.78, 5) is 0.0210. The number of aryl methyl sites for hydroxylation is 1. The Kier molecular flexibility index (Phi) is 5.91. The summed E-state index contributed by atoms with van der Waals surface area (Å²) < 4.78 is 55.9. The van der Waals surface area contributed by atoms with Crippen molar-refractivity contribution in [3.63, 3.8) is 0 Å². The molecule has 1 heterocycles. The van der Waals surface area contributed by atoms with Crippen molar-refractivity contribution in [3.8, 4) is 0 Å². The van der Waals surface area contributed by atoms with Gasteiger partial charge in [0.25, 0.3) is 20.0 Å². The van der Waals surface area contributed by atoms with E-state index < -0.39 is 20.0 Å². The van der Waals surface area contributed by atoms with Gasteiger partial charge in [0.1, 0.15) is 4.90 Å². The zero-order chi connectivity index (χ0) is 22.2. The van der Waals surface area contributed by atoms with Crippen molar-refractivity contribution in [3.05, 3.63) is 82.3 Å². The zero-order valence-corrected chi connectivity index (χ0v) is 19.3. The Hall–Kier alpha value is -2.26. The van der Waals surface area contributed by atoms with Crippen LogP contribution in [-0.4, -0.2) is 23.4 Å². The maximum absolute atomic E-state index is 13.2. The topological polar surface area (TPSA) is 83.6 Å². The molecule has 3 aromatic rings. The molecule has 0 aromatic heterocycles. The van der Waals surface area contributed by atoms with E-state index in [1.165, 1.54) is 40.7 Å². The SMILES string of the molecule is O=S(=O)(Nc1ccc2c(c1)N(S(=O)(=O)c1ccccc1)CCC2)c1cc(Cl)ccc1Cl. The van der Waals surface area contributed by atoms with Crippen LogP contribution in [0.2, 0.25) is 10.0 Å². The number of hydrogen-bond acceptors (Lipinski definition) is 4. The fraction of sp³-hybridized carbons (Fsp3) is 0.143. The average Bonchev–Trinajstić information content (AvgIpc) is 2.75. The number of sulfonamides is 2. The molecule has 0 radical (unpaired) electrons. The number of fused-ring (bicyclic) bond motifs is 1. The summed E-state index contributed by atoms with van der Waals surface area (Å²) in [6.45, 7) is 0.306. The highest BCUT2D eigenvalue weighted by Gasteiger charge is 2.29. The van der Waals surface area contributed by atoms with Gasteiger partial charge >= 0.3 is 0 Å². The largest absolute Gasteiger partial charge is 0.280 e. The first-order valence-electron chi connectivity index (χ1n) is 9.37. The molecular formula is C21H18Cl2N2O4S2. The maximum Gasteiger partial charge on any atom is 0.264 e. The van der Waals surface area contributed by atoms with Crippen LogP contribution in [0.4, 0.5) is 11.4 Å². The first kappa shape index (κ1) is 22.0. The highest BCUT2D eigenvalue weighted by atomic mass is 35.5. The van der Waals surface area contributed by atoms with Gasteiger partial charge in [0, 0.05) is 11.6 Å².